The van der Waals surface area contributed by atoms with Crippen molar-refractivity contribution in [3.63, 3.8) is 0 Å². The van der Waals surface area contributed by atoms with Crippen LogP contribution < -0.4 is 10.3 Å². The van der Waals surface area contributed by atoms with Gasteiger partial charge in [-0.15, -0.1) is 0 Å². The lowest BCUT2D eigenvalue weighted by Gasteiger charge is -2.32. The van der Waals surface area contributed by atoms with Crippen molar-refractivity contribution in [2.75, 3.05) is 18.0 Å². The quantitative estimate of drug-likeness (QED) is 0.633. The highest BCUT2D eigenvalue weighted by Crippen LogP contribution is 2.37. The maximum absolute atomic E-state index is 15.1. The zero-order valence-electron chi connectivity index (χ0n) is 15.7. The van der Waals surface area contributed by atoms with Crippen molar-refractivity contribution in [1.29, 1.82) is 0 Å². The van der Waals surface area contributed by atoms with Crippen LogP contribution in [0.25, 0.3) is 21.8 Å². The smallest absolute Gasteiger partial charge is 0.341 e. The molecule has 0 radical (unpaired) electrons. The molecule has 1 aromatic carbocycles. The summed E-state index contributed by atoms with van der Waals surface area (Å²) in [6.45, 7) is 3.09. The van der Waals surface area contributed by atoms with Crippen molar-refractivity contribution in [3.8, 4) is 0 Å². The van der Waals surface area contributed by atoms with Gasteiger partial charge >= 0.3 is 5.97 Å². The van der Waals surface area contributed by atoms with Crippen LogP contribution in [0.2, 0.25) is 5.02 Å². The number of aryl methyl sites for hydroxylation is 1. The highest BCUT2D eigenvalue weighted by molar-refractivity contribution is 6.34. The number of pyridine rings is 2. The minimum Gasteiger partial charge on any atom is -0.477 e. The van der Waals surface area contributed by atoms with Crippen LogP contribution >= 0.6 is 11.6 Å². The second-order valence-electron chi connectivity index (χ2n) is 7.14. The Morgan fingerprint density at radius 2 is 2.21 bits per heavy atom. The fourth-order valence-corrected chi connectivity index (χ4v) is 4.20. The molecule has 152 valence electrons. The van der Waals surface area contributed by atoms with Crippen molar-refractivity contribution in [2.24, 2.45) is 0 Å². The zero-order valence-corrected chi connectivity index (χ0v) is 16.4. The van der Waals surface area contributed by atoms with Crippen LogP contribution in [0.3, 0.4) is 0 Å². The number of aromatic carboxylic acids is 1. The van der Waals surface area contributed by atoms with Crippen LogP contribution in [0.15, 0.2) is 23.3 Å². The molecule has 4 rings (SSSR count). The molecule has 3 heterocycles. The van der Waals surface area contributed by atoms with E-state index in [9.17, 15) is 19.8 Å². The molecule has 0 spiro atoms. The van der Waals surface area contributed by atoms with Crippen LogP contribution in [-0.4, -0.2) is 44.9 Å². The van der Waals surface area contributed by atoms with E-state index >= 15 is 4.39 Å². The van der Waals surface area contributed by atoms with E-state index < -0.39 is 28.9 Å². The number of carboxylic acid groups (broad SMARTS) is 1. The maximum Gasteiger partial charge on any atom is 0.341 e. The van der Waals surface area contributed by atoms with E-state index in [-0.39, 0.29) is 21.3 Å². The number of hydrogen-bond acceptors (Lipinski definition) is 5. The van der Waals surface area contributed by atoms with Crippen LogP contribution in [0, 0.1) is 5.82 Å². The second kappa shape index (κ2) is 7.27. The van der Waals surface area contributed by atoms with Crippen LogP contribution in [-0.2, 0) is 6.54 Å². The summed E-state index contributed by atoms with van der Waals surface area (Å²) in [5, 5.41) is 19.6. The first-order valence-corrected chi connectivity index (χ1v) is 9.71. The van der Waals surface area contributed by atoms with E-state index in [1.54, 1.807) is 15.5 Å². The lowest BCUT2D eigenvalue weighted by atomic mass is 10.0. The van der Waals surface area contributed by atoms with Gasteiger partial charge in [0, 0.05) is 31.2 Å². The molecule has 0 amide bonds. The lowest BCUT2D eigenvalue weighted by Crippen LogP contribution is -2.38. The minimum atomic E-state index is -1.35. The lowest BCUT2D eigenvalue weighted by molar-refractivity contribution is 0.0695. The molecule has 1 unspecified atom stereocenters. The second-order valence-corrected chi connectivity index (χ2v) is 7.52. The van der Waals surface area contributed by atoms with Gasteiger partial charge in [-0.25, -0.2) is 9.18 Å². The van der Waals surface area contributed by atoms with Crippen molar-refractivity contribution >= 4 is 45.1 Å². The maximum atomic E-state index is 15.1. The Bertz CT molecular complexity index is 1210. The third-order valence-electron chi connectivity index (χ3n) is 5.38. The van der Waals surface area contributed by atoms with E-state index in [0.717, 1.165) is 6.42 Å². The first-order chi connectivity index (χ1) is 13.8. The van der Waals surface area contributed by atoms with Crippen molar-refractivity contribution < 1.29 is 19.4 Å². The number of halogens is 2. The number of benzene rings is 1. The normalized spacial score (nSPS) is 17.2. The minimum absolute atomic E-state index is 0.0890. The largest absolute Gasteiger partial charge is 0.477 e. The summed E-state index contributed by atoms with van der Waals surface area (Å²) in [4.78, 5) is 30.5. The van der Waals surface area contributed by atoms with Gasteiger partial charge in [-0.2, -0.15) is 0 Å². The number of β-amino-alcohol motifs (C(OH)–C–C–N with tert-alkyl or cyclic N) is 1. The van der Waals surface area contributed by atoms with Gasteiger partial charge in [0.05, 0.1) is 28.9 Å². The molecule has 1 aliphatic rings. The number of rotatable bonds is 3. The average molecular weight is 420 g/mol. The summed E-state index contributed by atoms with van der Waals surface area (Å²) in [7, 11) is 0. The topological polar surface area (TPSA) is 95.7 Å². The number of hydrogen-bond donors (Lipinski definition) is 2. The van der Waals surface area contributed by atoms with E-state index in [0.29, 0.717) is 37.3 Å². The van der Waals surface area contributed by atoms with Gasteiger partial charge in [0.1, 0.15) is 16.1 Å². The zero-order chi connectivity index (χ0) is 20.9. The molecular formula is C20H19ClFN3O4. The Balaban J connectivity index is 2.11. The molecule has 1 aliphatic heterocycles. The summed E-state index contributed by atoms with van der Waals surface area (Å²) in [5.41, 5.74) is -0.409. The average Bonchev–Trinajstić information content (AvgIpc) is 2.70. The highest BCUT2D eigenvalue weighted by Gasteiger charge is 2.25. The molecule has 1 fully saturated rings. The van der Waals surface area contributed by atoms with Gasteiger partial charge in [-0.1, -0.05) is 11.6 Å². The number of aliphatic hydroxyl groups excluding tert-OH is 1. The fraction of sp³-hybridized carbons (Fsp3) is 0.350. The van der Waals surface area contributed by atoms with Gasteiger partial charge in [0.25, 0.3) is 0 Å². The molecule has 1 saturated heterocycles. The molecule has 29 heavy (non-hydrogen) atoms. The molecule has 1 atom stereocenters. The van der Waals surface area contributed by atoms with E-state index in [2.05, 4.69) is 4.98 Å². The molecule has 9 heteroatoms. The fourth-order valence-electron chi connectivity index (χ4n) is 3.94. The number of carboxylic acids is 1. The first kappa shape index (κ1) is 19.6. The SMILES string of the molecule is CCn1cc(C(=O)O)c(=O)c2c3cc(N4CCCC(O)C4)c(Cl)c(F)c3ncc21. The highest BCUT2D eigenvalue weighted by atomic mass is 35.5. The van der Waals surface area contributed by atoms with Crippen LogP contribution in [0.1, 0.15) is 30.1 Å². The number of aliphatic hydroxyl groups is 1. The number of carbonyl (C=O) groups is 1. The van der Waals surface area contributed by atoms with Crippen molar-refractivity contribution in [1.82, 2.24) is 9.55 Å². The van der Waals surface area contributed by atoms with Crippen molar-refractivity contribution in [3.05, 3.63) is 45.1 Å². The number of aromatic nitrogens is 2. The first-order valence-electron chi connectivity index (χ1n) is 9.33. The van der Waals surface area contributed by atoms with Gasteiger partial charge in [0.15, 0.2) is 5.82 Å². The summed E-state index contributed by atoms with van der Waals surface area (Å²) < 4.78 is 16.7. The van der Waals surface area contributed by atoms with Crippen molar-refractivity contribution in [2.45, 2.75) is 32.4 Å². The van der Waals surface area contributed by atoms with E-state index in [4.69, 9.17) is 11.6 Å². The molecule has 3 aromatic rings. The number of piperidine rings is 1. The standard InChI is InChI=1S/C20H19ClFN3O4/c1-2-24-9-12(20(28)29)19(27)15-11-6-13(25-5-3-4-10(26)8-25)16(21)17(22)18(11)23-7-14(15)24/h6-7,9-10,26H,2-5,8H2,1H3,(H,28,29). The molecular weight excluding hydrogens is 401 g/mol. The molecule has 2 N–H and O–H groups in total. The Labute approximate surface area is 169 Å². The molecule has 0 bridgehead atoms. The Hall–Kier alpha value is -2.71. The number of nitrogens with zero attached hydrogens (tertiary/aromatic N) is 3. The van der Waals surface area contributed by atoms with E-state index in [1.807, 2.05) is 6.92 Å². The van der Waals surface area contributed by atoms with Crippen LogP contribution in [0.5, 0.6) is 0 Å². The van der Waals surface area contributed by atoms with Gasteiger partial charge < -0.3 is 19.7 Å². The molecule has 0 saturated carbocycles. The van der Waals surface area contributed by atoms with Gasteiger partial charge in [-0.3, -0.25) is 9.78 Å². The predicted molar refractivity (Wildman–Crippen MR) is 109 cm³/mol. The molecule has 0 aliphatic carbocycles. The third kappa shape index (κ3) is 3.12. The monoisotopic (exact) mass is 419 g/mol. The van der Waals surface area contributed by atoms with Crippen LogP contribution in [0.4, 0.5) is 10.1 Å². The summed E-state index contributed by atoms with van der Waals surface area (Å²) in [6, 6.07) is 1.57. The summed E-state index contributed by atoms with van der Waals surface area (Å²) in [6.07, 6.45) is 3.45. The predicted octanol–water partition coefficient (Wildman–Crippen LogP) is 3.02. The number of anilines is 1. The van der Waals surface area contributed by atoms with Gasteiger partial charge in [0.2, 0.25) is 5.43 Å². The van der Waals surface area contributed by atoms with Gasteiger partial charge in [-0.05, 0) is 25.8 Å². The van der Waals surface area contributed by atoms with E-state index in [1.165, 1.54) is 12.4 Å². The summed E-state index contributed by atoms with van der Waals surface area (Å²) >= 11 is 6.27. The number of fused-ring (bicyclic) bond motifs is 3. The molecule has 2 aromatic heterocycles. The molecule has 7 nitrogen and oxygen atoms in total. The summed E-state index contributed by atoms with van der Waals surface area (Å²) in [5.74, 6) is -2.12. The Morgan fingerprint density at radius 1 is 1.45 bits per heavy atom. The third-order valence-corrected chi connectivity index (χ3v) is 5.74. The Morgan fingerprint density at radius 3 is 2.86 bits per heavy atom. The Kier molecular flexibility index (Phi) is 4.92.